The zero-order chi connectivity index (χ0) is 9.95. The Labute approximate surface area is 82.7 Å². The van der Waals surface area contributed by atoms with Crippen LogP contribution in [0.25, 0.3) is 0 Å². The minimum absolute atomic E-state index is 0.0558. The van der Waals surface area contributed by atoms with Crippen LogP contribution >= 0.6 is 0 Å². The Balaban J connectivity index is 2.40. The van der Waals surface area contributed by atoms with Gasteiger partial charge < -0.3 is 0 Å². The third kappa shape index (κ3) is 3.41. The van der Waals surface area contributed by atoms with Crippen LogP contribution in [0.5, 0.6) is 0 Å². The number of rotatable bonds is 4. The van der Waals surface area contributed by atoms with Gasteiger partial charge in [0.2, 0.25) is 8.32 Å². The maximum atomic E-state index is 5.67. The van der Waals surface area contributed by atoms with Crippen LogP contribution < -0.4 is 0 Å². The SMILES string of the molecule is CCC1(OO[Si](C)(C)C)CCCC1. The smallest absolute Gasteiger partial charge is 0.230 e. The van der Waals surface area contributed by atoms with E-state index in [9.17, 15) is 0 Å². The Morgan fingerprint density at radius 2 is 1.69 bits per heavy atom. The van der Waals surface area contributed by atoms with Crippen molar-refractivity contribution in [3.05, 3.63) is 0 Å². The minimum Gasteiger partial charge on any atom is -0.287 e. The fourth-order valence-corrected chi connectivity index (χ4v) is 2.16. The first-order valence-corrected chi connectivity index (χ1v) is 8.75. The van der Waals surface area contributed by atoms with Crippen LogP contribution in [0.15, 0.2) is 0 Å². The molecule has 0 amide bonds. The van der Waals surface area contributed by atoms with Crippen molar-refractivity contribution in [3.63, 3.8) is 0 Å². The van der Waals surface area contributed by atoms with Crippen LogP contribution in [0.2, 0.25) is 19.6 Å². The maximum Gasteiger partial charge on any atom is 0.230 e. The molecule has 1 aliphatic carbocycles. The van der Waals surface area contributed by atoms with E-state index >= 15 is 0 Å². The van der Waals surface area contributed by atoms with Crippen molar-refractivity contribution in [2.45, 2.75) is 64.3 Å². The molecule has 0 heterocycles. The van der Waals surface area contributed by atoms with Crippen LogP contribution in [0.4, 0.5) is 0 Å². The minimum atomic E-state index is -1.51. The Hall–Kier alpha value is 0.137. The van der Waals surface area contributed by atoms with E-state index in [4.69, 9.17) is 9.46 Å². The Morgan fingerprint density at radius 3 is 2.08 bits per heavy atom. The first kappa shape index (κ1) is 11.2. The van der Waals surface area contributed by atoms with Gasteiger partial charge in [-0.2, -0.15) is 0 Å². The summed E-state index contributed by atoms with van der Waals surface area (Å²) >= 11 is 0. The molecule has 1 fully saturated rings. The average Bonchev–Trinajstić information content (AvgIpc) is 2.49. The van der Waals surface area contributed by atoms with Crippen molar-refractivity contribution in [3.8, 4) is 0 Å². The normalized spacial score (nSPS) is 22.2. The van der Waals surface area contributed by atoms with E-state index in [1.807, 2.05) is 0 Å². The summed E-state index contributed by atoms with van der Waals surface area (Å²) in [5.41, 5.74) is 0.0558. The van der Waals surface area contributed by atoms with E-state index in [1.165, 1.54) is 25.7 Å². The van der Waals surface area contributed by atoms with Gasteiger partial charge in [-0.1, -0.05) is 19.8 Å². The molecule has 1 saturated carbocycles. The van der Waals surface area contributed by atoms with Crippen LogP contribution in [-0.4, -0.2) is 13.9 Å². The van der Waals surface area contributed by atoms with Gasteiger partial charge in [0, 0.05) is 0 Å². The molecule has 3 heteroatoms. The zero-order valence-corrected chi connectivity index (χ0v) is 10.4. The second kappa shape index (κ2) is 4.11. The van der Waals surface area contributed by atoms with Crippen molar-refractivity contribution in [2.24, 2.45) is 0 Å². The summed E-state index contributed by atoms with van der Waals surface area (Å²) in [6.45, 7) is 8.67. The fourth-order valence-electron chi connectivity index (χ4n) is 1.73. The van der Waals surface area contributed by atoms with Crippen LogP contribution in [0.3, 0.4) is 0 Å². The van der Waals surface area contributed by atoms with E-state index in [1.54, 1.807) is 0 Å². The van der Waals surface area contributed by atoms with Crippen molar-refractivity contribution >= 4 is 8.32 Å². The lowest BCUT2D eigenvalue weighted by molar-refractivity contribution is -0.300. The summed E-state index contributed by atoms with van der Waals surface area (Å²) in [4.78, 5) is 5.67. The number of hydrogen-bond donors (Lipinski definition) is 0. The highest BCUT2D eigenvalue weighted by Gasteiger charge is 2.35. The third-order valence-corrected chi connectivity index (χ3v) is 3.21. The molecule has 0 radical (unpaired) electrons. The standard InChI is InChI=1S/C10H22O2Si/c1-5-10(8-6-7-9-10)11-12-13(2,3)4/h5-9H2,1-4H3. The van der Waals surface area contributed by atoms with Gasteiger partial charge in [-0.25, -0.2) is 4.89 Å². The lowest BCUT2D eigenvalue weighted by atomic mass is 10.00. The molecule has 1 aliphatic rings. The molecule has 0 unspecified atom stereocenters. The van der Waals surface area contributed by atoms with Gasteiger partial charge in [-0.05, 0) is 38.9 Å². The molecule has 0 aromatic heterocycles. The molecule has 0 atom stereocenters. The molecule has 2 nitrogen and oxygen atoms in total. The maximum absolute atomic E-state index is 5.67. The average molecular weight is 202 g/mol. The Kier molecular flexibility index (Phi) is 3.55. The third-order valence-electron chi connectivity index (χ3n) is 2.63. The van der Waals surface area contributed by atoms with Gasteiger partial charge in [0.1, 0.15) is 5.60 Å². The van der Waals surface area contributed by atoms with Gasteiger partial charge in [-0.15, -0.1) is 0 Å². The van der Waals surface area contributed by atoms with E-state index in [0.29, 0.717) is 0 Å². The quantitative estimate of drug-likeness (QED) is 0.395. The highest BCUT2D eigenvalue weighted by atomic mass is 28.4. The van der Waals surface area contributed by atoms with Gasteiger partial charge in [0.05, 0.1) is 0 Å². The highest BCUT2D eigenvalue weighted by Crippen LogP contribution is 2.36. The molecule has 0 aromatic rings. The fraction of sp³-hybridized carbons (Fsp3) is 1.00. The second-order valence-corrected chi connectivity index (χ2v) is 9.41. The van der Waals surface area contributed by atoms with Crippen LogP contribution in [-0.2, 0) is 9.46 Å². The van der Waals surface area contributed by atoms with Gasteiger partial charge in [0.25, 0.3) is 0 Å². The summed E-state index contributed by atoms with van der Waals surface area (Å²) in [5, 5.41) is 0. The predicted molar refractivity (Wildman–Crippen MR) is 57.0 cm³/mol. The highest BCUT2D eigenvalue weighted by molar-refractivity contribution is 6.69. The van der Waals surface area contributed by atoms with E-state index in [2.05, 4.69) is 26.6 Å². The summed E-state index contributed by atoms with van der Waals surface area (Å²) in [6, 6.07) is 0. The summed E-state index contributed by atoms with van der Waals surface area (Å²) in [5.74, 6) is 0. The second-order valence-electron chi connectivity index (χ2n) is 5.02. The molecule has 78 valence electrons. The van der Waals surface area contributed by atoms with Gasteiger partial charge in [0.15, 0.2) is 0 Å². The molecule has 0 N–H and O–H groups in total. The van der Waals surface area contributed by atoms with Crippen LogP contribution in [0, 0.1) is 0 Å². The molecule has 0 spiro atoms. The van der Waals surface area contributed by atoms with Crippen molar-refractivity contribution in [2.75, 3.05) is 0 Å². The van der Waals surface area contributed by atoms with Crippen molar-refractivity contribution in [1.29, 1.82) is 0 Å². The Bertz CT molecular complexity index is 157. The molecule has 13 heavy (non-hydrogen) atoms. The summed E-state index contributed by atoms with van der Waals surface area (Å²) < 4.78 is 5.55. The first-order valence-electron chi connectivity index (χ1n) is 5.34. The van der Waals surface area contributed by atoms with Crippen molar-refractivity contribution in [1.82, 2.24) is 0 Å². The van der Waals surface area contributed by atoms with E-state index < -0.39 is 8.32 Å². The van der Waals surface area contributed by atoms with E-state index in [0.717, 1.165) is 6.42 Å². The topological polar surface area (TPSA) is 18.5 Å². The Morgan fingerprint density at radius 1 is 1.15 bits per heavy atom. The molecule has 0 aliphatic heterocycles. The zero-order valence-electron chi connectivity index (χ0n) is 9.35. The monoisotopic (exact) mass is 202 g/mol. The first-order chi connectivity index (χ1) is 5.97. The summed E-state index contributed by atoms with van der Waals surface area (Å²) in [6.07, 6.45) is 6.02. The predicted octanol–water partition coefficient (Wildman–Crippen LogP) is 3.49. The largest absolute Gasteiger partial charge is 0.287 e. The van der Waals surface area contributed by atoms with Crippen LogP contribution in [0.1, 0.15) is 39.0 Å². The molecule has 1 rings (SSSR count). The lowest BCUT2D eigenvalue weighted by Crippen LogP contribution is -2.35. The van der Waals surface area contributed by atoms with Gasteiger partial charge >= 0.3 is 0 Å². The molecular formula is C10H22O2Si. The van der Waals surface area contributed by atoms with Gasteiger partial charge in [-0.3, -0.25) is 4.58 Å². The lowest BCUT2D eigenvalue weighted by Gasteiger charge is -2.29. The van der Waals surface area contributed by atoms with E-state index in [-0.39, 0.29) is 5.60 Å². The van der Waals surface area contributed by atoms with Crippen molar-refractivity contribution < 1.29 is 9.46 Å². The number of hydrogen-bond acceptors (Lipinski definition) is 2. The summed E-state index contributed by atoms with van der Waals surface area (Å²) in [7, 11) is -1.51. The molecular weight excluding hydrogens is 180 g/mol. The molecule has 0 bridgehead atoms. The molecule has 0 aromatic carbocycles. The molecule has 0 saturated heterocycles.